The lowest BCUT2D eigenvalue weighted by Gasteiger charge is -2.33. The number of anilines is 1. The van der Waals surface area contributed by atoms with Crippen LogP contribution in [0.5, 0.6) is 0 Å². The van der Waals surface area contributed by atoms with Gasteiger partial charge in [-0.3, -0.25) is 4.90 Å². The Morgan fingerprint density at radius 2 is 1.68 bits per heavy atom. The highest BCUT2D eigenvalue weighted by atomic mass is 35.5. The topological polar surface area (TPSA) is 78.4 Å². The summed E-state index contributed by atoms with van der Waals surface area (Å²) in [5.74, 6) is 0. The van der Waals surface area contributed by atoms with Crippen molar-refractivity contribution in [3.8, 4) is 11.3 Å². The van der Waals surface area contributed by atoms with E-state index in [4.69, 9.17) is 11.6 Å². The summed E-state index contributed by atoms with van der Waals surface area (Å²) in [6.07, 6.45) is 0.804. The second-order valence-corrected chi connectivity index (χ2v) is 8.80. The van der Waals surface area contributed by atoms with E-state index in [9.17, 15) is 9.90 Å². The van der Waals surface area contributed by atoms with Crippen molar-refractivity contribution in [2.75, 3.05) is 5.32 Å². The zero-order chi connectivity index (χ0) is 22.6. The van der Waals surface area contributed by atoms with Crippen molar-refractivity contribution in [2.45, 2.75) is 46.3 Å². The summed E-state index contributed by atoms with van der Waals surface area (Å²) < 4.78 is 0. The van der Waals surface area contributed by atoms with Crippen LogP contribution in [0.3, 0.4) is 0 Å². The van der Waals surface area contributed by atoms with E-state index in [1.807, 2.05) is 76.2 Å². The van der Waals surface area contributed by atoms with Gasteiger partial charge in [-0.1, -0.05) is 36.4 Å². The lowest BCUT2D eigenvalue weighted by Crippen LogP contribution is -2.44. The molecule has 31 heavy (non-hydrogen) atoms. The number of aryl methyl sites for hydroxylation is 1. The number of benzene rings is 2. The molecule has 6 nitrogen and oxygen atoms in total. The summed E-state index contributed by atoms with van der Waals surface area (Å²) in [6.45, 7) is 8.67. The normalized spacial score (nSPS) is 11.3. The molecule has 0 aliphatic rings. The third-order valence-electron chi connectivity index (χ3n) is 5.00. The molecule has 0 radical (unpaired) electrons. The minimum Gasteiger partial charge on any atom is -0.465 e. The van der Waals surface area contributed by atoms with E-state index in [1.165, 1.54) is 4.90 Å². The van der Waals surface area contributed by atoms with Gasteiger partial charge in [-0.15, -0.1) is 0 Å². The fourth-order valence-corrected chi connectivity index (χ4v) is 3.33. The van der Waals surface area contributed by atoms with Crippen molar-refractivity contribution in [3.05, 3.63) is 76.7 Å². The van der Waals surface area contributed by atoms with Gasteiger partial charge in [0.2, 0.25) is 5.28 Å². The minimum atomic E-state index is -0.916. The molecular weight excluding hydrogens is 412 g/mol. The first kappa shape index (κ1) is 22.6. The third-order valence-corrected chi connectivity index (χ3v) is 5.18. The summed E-state index contributed by atoms with van der Waals surface area (Å²) >= 11 is 5.93. The third kappa shape index (κ3) is 5.95. The van der Waals surface area contributed by atoms with Crippen molar-refractivity contribution in [1.29, 1.82) is 0 Å². The van der Waals surface area contributed by atoms with Crippen molar-refractivity contribution >= 4 is 23.4 Å². The first-order valence-electron chi connectivity index (χ1n) is 10.1. The highest BCUT2D eigenvalue weighted by Gasteiger charge is 2.25. The molecule has 0 aliphatic carbocycles. The van der Waals surface area contributed by atoms with Gasteiger partial charge in [-0.05, 0) is 68.1 Å². The zero-order valence-electron chi connectivity index (χ0n) is 18.2. The van der Waals surface area contributed by atoms with Gasteiger partial charge in [0.1, 0.15) is 0 Å². The fourth-order valence-electron chi connectivity index (χ4n) is 3.20. The van der Waals surface area contributed by atoms with Crippen LogP contribution in [0.2, 0.25) is 5.28 Å². The fraction of sp³-hybridized carbons (Fsp3) is 0.292. The maximum Gasteiger partial charge on any atom is 0.408 e. The Morgan fingerprint density at radius 1 is 1.06 bits per heavy atom. The van der Waals surface area contributed by atoms with E-state index >= 15 is 0 Å². The molecule has 0 aliphatic heterocycles. The molecule has 0 saturated heterocycles. The minimum absolute atomic E-state index is 0.236. The Kier molecular flexibility index (Phi) is 6.81. The predicted octanol–water partition coefficient (Wildman–Crippen LogP) is 6.00. The molecule has 0 atom stereocenters. The maximum absolute atomic E-state index is 11.5. The van der Waals surface area contributed by atoms with Gasteiger partial charge in [-0.2, -0.15) is 0 Å². The number of carboxylic acid groups (broad SMARTS) is 1. The summed E-state index contributed by atoms with van der Waals surface area (Å²) in [5, 5.41) is 13.1. The predicted molar refractivity (Wildman–Crippen MR) is 124 cm³/mol. The van der Waals surface area contributed by atoms with Gasteiger partial charge in [0.15, 0.2) is 0 Å². The van der Waals surface area contributed by atoms with Crippen LogP contribution in [0.4, 0.5) is 10.5 Å². The summed E-state index contributed by atoms with van der Waals surface area (Å²) in [4.78, 5) is 21.3. The van der Waals surface area contributed by atoms with Gasteiger partial charge in [0.25, 0.3) is 0 Å². The molecule has 1 heterocycles. The van der Waals surface area contributed by atoms with Crippen molar-refractivity contribution in [1.82, 2.24) is 14.9 Å². The number of nitrogens with one attached hydrogen (secondary N) is 1. The van der Waals surface area contributed by atoms with E-state index < -0.39 is 11.6 Å². The summed E-state index contributed by atoms with van der Waals surface area (Å²) in [7, 11) is 0. The smallest absolute Gasteiger partial charge is 0.408 e. The lowest BCUT2D eigenvalue weighted by molar-refractivity contribution is 0.0955. The quantitative estimate of drug-likeness (QED) is 0.461. The second kappa shape index (κ2) is 9.35. The number of hydrogen-bond donors (Lipinski definition) is 2. The lowest BCUT2D eigenvalue weighted by atomic mass is 10.0. The molecule has 2 aromatic carbocycles. The highest BCUT2D eigenvalue weighted by Crippen LogP contribution is 2.24. The highest BCUT2D eigenvalue weighted by molar-refractivity contribution is 6.28. The first-order chi connectivity index (χ1) is 14.6. The number of amides is 1. The Morgan fingerprint density at radius 3 is 2.26 bits per heavy atom. The monoisotopic (exact) mass is 438 g/mol. The van der Waals surface area contributed by atoms with E-state index in [0.29, 0.717) is 13.1 Å². The van der Waals surface area contributed by atoms with Crippen molar-refractivity contribution in [3.63, 3.8) is 0 Å². The first-order valence-corrected chi connectivity index (χ1v) is 10.4. The van der Waals surface area contributed by atoms with Gasteiger partial charge >= 0.3 is 6.09 Å². The van der Waals surface area contributed by atoms with Crippen molar-refractivity contribution in [2.24, 2.45) is 0 Å². The van der Waals surface area contributed by atoms with E-state index in [0.717, 1.165) is 33.6 Å². The molecule has 3 rings (SSSR count). The Labute approximate surface area is 187 Å². The van der Waals surface area contributed by atoms with Crippen LogP contribution in [0.1, 0.15) is 37.5 Å². The van der Waals surface area contributed by atoms with E-state index in [2.05, 4.69) is 15.3 Å². The maximum atomic E-state index is 11.5. The molecule has 7 heteroatoms. The SMILES string of the molecule is Cc1cnc(Cl)nc1-c1ccc(NCc2ccc(CN(C(=O)O)C(C)(C)C)cc2)cc1. The van der Waals surface area contributed by atoms with Crippen LogP contribution in [0.25, 0.3) is 11.3 Å². The zero-order valence-corrected chi connectivity index (χ0v) is 18.9. The van der Waals surface area contributed by atoms with E-state index in [-0.39, 0.29) is 5.28 Å². The van der Waals surface area contributed by atoms with Crippen LogP contribution in [-0.4, -0.2) is 31.6 Å². The molecule has 1 amide bonds. The van der Waals surface area contributed by atoms with Crippen LogP contribution in [0.15, 0.2) is 54.7 Å². The Balaban J connectivity index is 1.61. The van der Waals surface area contributed by atoms with Crippen LogP contribution in [0, 0.1) is 6.92 Å². The van der Waals surface area contributed by atoms with Gasteiger partial charge in [0.05, 0.1) is 5.69 Å². The van der Waals surface area contributed by atoms with Crippen LogP contribution in [-0.2, 0) is 13.1 Å². The molecule has 3 aromatic rings. The summed E-state index contributed by atoms with van der Waals surface area (Å²) in [5.41, 5.74) is 5.40. The standard InChI is InChI=1S/C24H27ClN4O2/c1-16-13-27-22(25)28-21(16)19-9-11-20(12-10-19)26-14-17-5-7-18(8-6-17)15-29(23(30)31)24(2,3)4/h5-13,26H,14-15H2,1-4H3,(H,30,31). The molecule has 0 fully saturated rings. The molecule has 0 saturated carbocycles. The number of carbonyl (C=O) groups is 1. The van der Waals surface area contributed by atoms with Gasteiger partial charge < -0.3 is 10.4 Å². The van der Waals surface area contributed by atoms with Crippen LogP contribution >= 0.6 is 11.6 Å². The molecule has 0 bridgehead atoms. The summed E-state index contributed by atoms with van der Waals surface area (Å²) in [6, 6.07) is 16.0. The average molecular weight is 439 g/mol. The number of aromatic nitrogens is 2. The molecule has 162 valence electrons. The Hall–Kier alpha value is -3.12. The number of hydrogen-bond acceptors (Lipinski definition) is 4. The molecule has 2 N–H and O–H groups in total. The Bertz CT molecular complexity index is 1040. The molecular formula is C24H27ClN4O2. The van der Waals surface area contributed by atoms with Gasteiger partial charge in [0, 0.05) is 36.1 Å². The van der Waals surface area contributed by atoms with Crippen LogP contribution < -0.4 is 5.32 Å². The molecule has 0 spiro atoms. The average Bonchev–Trinajstić information content (AvgIpc) is 2.72. The molecule has 1 aromatic heterocycles. The van der Waals surface area contributed by atoms with Crippen molar-refractivity contribution < 1.29 is 9.90 Å². The number of nitrogens with zero attached hydrogens (tertiary/aromatic N) is 3. The van der Waals surface area contributed by atoms with Gasteiger partial charge in [-0.25, -0.2) is 14.8 Å². The van der Waals surface area contributed by atoms with E-state index in [1.54, 1.807) is 6.20 Å². The molecule has 0 unspecified atom stereocenters. The largest absolute Gasteiger partial charge is 0.465 e. The number of halogens is 1. The number of rotatable bonds is 6. The second-order valence-electron chi connectivity index (χ2n) is 8.46.